The number of carbonyl (C=O) groups excluding carboxylic acids is 1. The van der Waals surface area contributed by atoms with E-state index in [2.05, 4.69) is 39.2 Å². The van der Waals surface area contributed by atoms with Crippen molar-refractivity contribution in [2.75, 3.05) is 6.61 Å². The molecule has 1 amide bonds. The van der Waals surface area contributed by atoms with Gasteiger partial charge in [-0.3, -0.25) is 4.79 Å². The first-order chi connectivity index (χ1) is 8.99. The zero-order valence-electron chi connectivity index (χ0n) is 13.1. The summed E-state index contributed by atoms with van der Waals surface area (Å²) in [5.41, 5.74) is 0. The molecule has 4 atom stereocenters. The Morgan fingerprint density at radius 2 is 1.95 bits per heavy atom. The SMILES string of the molecule is CC(=O)N[C@@H]1[C@H](O[Si](C)(C)C(C)(C)C)[C@@H](CO)O[C@H]1O. The number of carbonyl (C=O) groups is 1. The van der Waals surface area contributed by atoms with Gasteiger partial charge >= 0.3 is 0 Å². The molecule has 1 saturated heterocycles. The fourth-order valence-corrected chi connectivity index (χ4v) is 3.27. The summed E-state index contributed by atoms with van der Waals surface area (Å²) in [5.74, 6) is -0.264. The van der Waals surface area contributed by atoms with E-state index >= 15 is 0 Å². The third-order valence-corrected chi connectivity index (χ3v) is 8.60. The Balaban J connectivity index is 2.94. The molecule has 1 rings (SSSR count). The van der Waals surface area contributed by atoms with Crippen molar-refractivity contribution in [3.63, 3.8) is 0 Å². The van der Waals surface area contributed by atoms with Gasteiger partial charge in [-0.15, -0.1) is 0 Å². The summed E-state index contributed by atoms with van der Waals surface area (Å²) in [4.78, 5) is 11.3. The minimum Gasteiger partial charge on any atom is -0.409 e. The highest BCUT2D eigenvalue weighted by Gasteiger charge is 2.49. The van der Waals surface area contributed by atoms with Gasteiger partial charge in [0.1, 0.15) is 12.1 Å². The van der Waals surface area contributed by atoms with Crippen molar-refractivity contribution in [3.05, 3.63) is 0 Å². The smallest absolute Gasteiger partial charge is 0.217 e. The fraction of sp³-hybridized carbons (Fsp3) is 0.923. The topological polar surface area (TPSA) is 88.0 Å². The van der Waals surface area contributed by atoms with Crippen molar-refractivity contribution in [1.29, 1.82) is 0 Å². The second-order valence-corrected chi connectivity index (χ2v) is 11.6. The van der Waals surface area contributed by atoms with Crippen LogP contribution in [-0.4, -0.2) is 55.6 Å². The summed E-state index contributed by atoms with van der Waals surface area (Å²) in [6.07, 6.45) is -2.33. The first-order valence-electron chi connectivity index (χ1n) is 6.89. The molecule has 0 radical (unpaired) electrons. The molecule has 20 heavy (non-hydrogen) atoms. The highest BCUT2D eigenvalue weighted by atomic mass is 28.4. The maximum Gasteiger partial charge on any atom is 0.217 e. The Morgan fingerprint density at radius 3 is 2.35 bits per heavy atom. The quantitative estimate of drug-likeness (QED) is 0.662. The summed E-state index contributed by atoms with van der Waals surface area (Å²) < 4.78 is 11.5. The van der Waals surface area contributed by atoms with Gasteiger partial charge in [0.2, 0.25) is 5.91 Å². The highest BCUT2D eigenvalue weighted by molar-refractivity contribution is 6.74. The third-order valence-electron chi connectivity index (χ3n) is 4.13. The number of aliphatic hydroxyl groups excluding tert-OH is 2. The molecule has 7 heteroatoms. The van der Waals surface area contributed by atoms with Gasteiger partial charge < -0.3 is 24.7 Å². The number of nitrogens with one attached hydrogen (secondary N) is 1. The summed E-state index contributed by atoms with van der Waals surface area (Å²) in [5, 5.41) is 21.9. The number of hydrogen-bond donors (Lipinski definition) is 3. The summed E-state index contributed by atoms with van der Waals surface area (Å²) >= 11 is 0. The van der Waals surface area contributed by atoms with E-state index in [-0.39, 0.29) is 17.6 Å². The zero-order valence-corrected chi connectivity index (χ0v) is 14.1. The minimum absolute atomic E-state index is 0.0126. The van der Waals surface area contributed by atoms with E-state index in [1.54, 1.807) is 0 Å². The number of aliphatic hydroxyl groups is 2. The van der Waals surface area contributed by atoms with Gasteiger partial charge in [-0.25, -0.2) is 0 Å². The second kappa shape index (κ2) is 6.11. The average Bonchev–Trinajstić information content (AvgIpc) is 2.54. The van der Waals surface area contributed by atoms with Crippen LogP contribution < -0.4 is 5.32 Å². The van der Waals surface area contributed by atoms with Crippen LogP contribution in [0.25, 0.3) is 0 Å². The zero-order chi connectivity index (χ0) is 15.7. The van der Waals surface area contributed by atoms with Crippen LogP contribution in [0.3, 0.4) is 0 Å². The van der Waals surface area contributed by atoms with Crippen LogP contribution in [0.1, 0.15) is 27.7 Å². The van der Waals surface area contributed by atoms with E-state index in [4.69, 9.17) is 9.16 Å². The molecule has 0 bridgehead atoms. The lowest BCUT2D eigenvalue weighted by atomic mass is 10.1. The van der Waals surface area contributed by atoms with Crippen molar-refractivity contribution in [2.24, 2.45) is 0 Å². The minimum atomic E-state index is -2.10. The van der Waals surface area contributed by atoms with E-state index in [0.29, 0.717) is 0 Å². The lowest BCUT2D eigenvalue weighted by Crippen LogP contribution is -2.54. The molecule has 6 nitrogen and oxygen atoms in total. The van der Waals surface area contributed by atoms with Crippen molar-refractivity contribution in [2.45, 2.75) is 70.4 Å². The largest absolute Gasteiger partial charge is 0.409 e. The second-order valence-electron chi connectivity index (χ2n) is 6.82. The number of ether oxygens (including phenoxy) is 1. The van der Waals surface area contributed by atoms with Gasteiger partial charge in [-0.05, 0) is 18.1 Å². The maximum absolute atomic E-state index is 11.3. The van der Waals surface area contributed by atoms with Crippen molar-refractivity contribution >= 4 is 14.2 Å². The molecule has 1 fully saturated rings. The van der Waals surface area contributed by atoms with E-state index in [1.165, 1.54) is 6.92 Å². The predicted octanol–water partition coefficient (Wildman–Crippen LogP) is 0.591. The number of amides is 1. The van der Waals surface area contributed by atoms with Gasteiger partial charge in [-0.2, -0.15) is 0 Å². The molecular formula is C13H27NO5Si. The van der Waals surface area contributed by atoms with Crippen molar-refractivity contribution in [3.8, 4) is 0 Å². The Hall–Kier alpha value is -0.473. The van der Waals surface area contributed by atoms with E-state index in [9.17, 15) is 15.0 Å². The summed E-state index contributed by atoms with van der Waals surface area (Å²) in [6, 6.07) is -0.654. The van der Waals surface area contributed by atoms with Crippen molar-refractivity contribution in [1.82, 2.24) is 5.32 Å². The van der Waals surface area contributed by atoms with Crippen molar-refractivity contribution < 1.29 is 24.2 Å². The van der Waals surface area contributed by atoms with Gasteiger partial charge in [0, 0.05) is 6.92 Å². The van der Waals surface area contributed by atoms with Crippen LogP contribution in [-0.2, 0) is 14.0 Å². The molecular weight excluding hydrogens is 278 g/mol. The molecule has 3 N–H and O–H groups in total. The number of rotatable bonds is 4. The lowest BCUT2D eigenvalue weighted by Gasteiger charge is -2.40. The first kappa shape index (κ1) is 17.6. The molecule has 0 aliphatic carbocycles. The molecule has 0 aromatic carbocycles. The van der Waals surface area contributed by atoms with E-state index in [0.717, 1.165) is 0 Å². The van der Waals surface area contributed by atoms with Crippen LogP contribution in [0.15, 0.2) is 0 Å². The molecule has 0 unspecified atom stereocenters. The molecule has 1 heterocycles. The lowest BCUT2D eigenvalue weighted by molar-refractivity contribution is -0.127. The Bertz CT molecular complexity index is 355. The van der Waals surface area contributed by atoms with Crippen LogP contribution in [0.5, 0.6) is 0 Å². The molecule has 0 saturated carbocycles. The van der Waals surface area contributed by atoms with Crippen LogP contribution in [0.4, 0.5) is 0 Å². The number of hydrogen-bond acceptors (Lipinski definition) is 5. The Labute approximate surface area is 121 Å². The van der Waals surface area contributed by atoms with Gasteiger partial charge in [0.05, 0.1) is 12.7 Å². The van der Waals surface area contributed by atoms with E-state index < -0.39 is 32.9 Å². The van der Waals surface area contributed by atoms with Gasteiger partial charge in [0.15, 0.2) is 14.6 Å². The monoisotopic (exact) mass is 305 g/mol. The molecule has 118 valence electrons. The molecule has 0 aromatic rings. The van der Waals surface area contributed by atoms with Gasteiger partial charge in [-0.1, -0.05) is 20.8 Å². The predicted molar refractivity (Wildman–Crippen MR) is 77.6 cm³/mol. The molecule has 1 aliphatic heterocycles. The third kappa shape index (κ3) is 3.79. The fourth-order valence-electron chi connectivity index (χ4n) is 1.94. The maximum atomic E-state index is 11.3. The summed E-state index contributed by atoms with van der Waals surface area (Å²) in [6.45, 7) is 11.6. The van der Waals surface area contributed by atoms with E-state index in [1.807, 2.05) is 0 Å². The van der Waals surface area contributed by atoms with Crippen LogP contribution in [0, 0.1) is 0 Å². The molecule has 1 aliphatic rings. The first-order valence-corrected chi connectivity index (χ1v) is 9.79. The summed E-state index contributed by atoms with van der Waals surface area (Å²) in [7, 11) is -2.10. The highest BCUT2D eigenvalue weighted by Crippen LogP contribution is 2.39. The Kier molecular flexibility index (Phi) is 5.37. The standard InChI is InChI=1S/C13H27NO5Si/c1-8(16)14-10-11(9(7-15)18-12(10)17)19-20(5,6)13(2,3)4/h9-12,15,17H,7H2,1-6H3,(H,14,16)/t9-,10-,11-,12-/m1/s1. The van der Waals surface area contributed by atoms with Gasteiger partial charge in [0.25, 0.3) is 0 Å². The normalized spacial score (nSPS) is 31.4. The average molecular weight is 305 g/mol. The van der Waals surface area contributed by atoms with Crippen LogP contribution in [0.2, 0.25) is 18.1 Å². The van der Waals surface area contributed by atoms with Crippen LogP contribution >= 0.6 is 0 Å². The molecule has 0 aromatic heterocycles. The molecule has 0 spiro atoms. The Morgan fingerprint density at radius 1 is 1.40 bits per heavy atom.